The van der Waals surface area contributed by atoms with Crippen molar-refractivity contribution in [1.82, 2.24) is 14.8 Å². The molecule has 20 heavy (non-hydrogen) atoms. The third-order valence-corrected chi connectivity index (χ3v) is 2.82. The molecule has 0 amide bonds. The summed E-state index contributed by atoms with van der Waals surface area (Å²) < 4.78 is 75.9. The monoisotopic (exact) mass is 359 g/mol. The van der Waals surface area contributed by atoms with Gasteiger partial charge in [-0.15, -0.1) is 0 Å². The van der Waals surface area contributed by atoms with Crippen molar-refractivity contribution in [1.29, 1.82) is 0 Å². The summed E-state index contributed by atoms with van der Waals surface area (Å²) in [6.45, 7) is 0. The van der Waals surface area contributed by atoms with Crippen LogP contribution >= 0.6 is 15.9 Å². The lowest BCUT2D eigenvalue weighted by Crippen LogP contribution is -2.16. The van der Waals surface area contributed by atoms with E-state index in [0.29, 0.717) is 10.7 Å². The van der Waals surface area contributed by atoms with E-state index in [1.165, 1.54) is 0 Å². The van der Waals surface area contributed by atoms with Gasteiger partial charge in [-0.1, -0.05) is 6.07 Å². The highest BCUT2D eigenvalue weighted by atomic mass is 79.9. The molecule has 0 aliphatic rings. The molecule has 0 unspecified atom stereocenters. The molecule has 0 radical (unpaired) electrons. The number of aromatic nitrogens is 3. The van der Waals surface area contributed by atoms with Crippen molar-refractivity contribution >= 4 is 15.9 Å². The van der Waals surface area contributed by atoms with Gasteiger partial charge in [0.25, 0.3) is 0 Å². The van der Waals surface area contributed by atoms with E-state index < -0.39 is 29.6 Å². The molecule has 2 heterocycles. The summed E-state index contributed by atoms with van der Waals surface area (Å²) in [5.74, 6) is -0.571. The van der Waals surface area contributed by atoms with Crippen LogP contribution < -0.4 is 0 Å². The molecule has 0 N–H and O–H groups in total. The summed E-state index contributed by atoms with van der Waals surface area (Å²) in [5.41, 5.74) is -2.53. The Morgan fingerprint density at radius 2 is 1.65 bits per heavy atom. The Morgan fingerprint density at radius 1 is 1.00 bits per heavy atom. The quantitative estimate of drug-likeness (QED) is 0.718. The summed E-state index contributed by atoms with van der Waals surface area (Å²) in [6, 6.07) is 2.63. The number of rotatable bonds is 1. The lowest BCUT2D eigenvalue weighted by atomic mass is 10.3. The molecule has 3 nitrogen and oxygen atoms in total. The minimum Gasteiger partial charge on any atom is -0.224 e. The molecule has 0 saturated heterocycles. The van der Waals surface area contributed by atoms with Crippen LogP contribution in [0.25, 0.3) is 5.82 Å². The molecule has 108 valence electrons. The van der Waals surface area contributed by atoms with Gasteiger partial charge < -0.3 is 0 Å². The largest absolute Gasteiger partial charge is 0.434 e. The average molecular weight is 360 g/mol. The molecule has 0 aromatic carbocycles. The van der Waals surface area contributed by atoms with Crippen molar-refractivity contribution in [2.24, 2.45) is 0 Å². The first-order valence-corrected chi connectivity index (χ1v) is 5.75. The Hall–Kier alpha value is -1.58. The number of hydrogen-bond donors (Lipinski definition) is 0. The molecule has 0 atom stereocenters. The number of alkyl halides is 6. The Balaban J connectivity index is 2.59. The second kappa shape index (κ2) is 4.76. The van der Waals surface area contributed by atoms with Crippen LogP contribution in [0, 0.1) is 0 Å². The molecule has 2 rings (SSSR count). The summed E-state index contributed by atoms with van der Waals surface area (Å²) in [4.78, 5) is 3.16. The third-order valence-electron chi connectivity index (χ3n) is 2.23. The molecular formula is C10H4BrF6N3. The molecule has 0 aliphatic carbocycles. The van der Waals surface area contributed by atoms with E-state index in [1.54, 1.807) is 0 Å². The fourth-order valence-corrected chi connectivity index (χ4v) is 1.94. The second-order valence-corrected chi connectivity index (χ2v) is 4.48. The van der Waals surface area contributed by atoms with Gasteiger partial charge in [0.15, 0.2) is 11.5 Å². The van der Waals surface area contributed by atoms with E-state index in [2.05, 4.69) is 26.0 Å². The van der Waals surface area contributed by atoms with Crippen LogP contribution in [0.1, 0.15) is 11.4 Å². The number of halogens is 7. The fraction of sp³-hybridized carbons (Fsp3) is 0.200. The normalized spacial score (nSPS) is 12.8. The van der Waals surface area contributed by atoms with E-state index in [4.69, 9.17) is 0 Å². The molecule has 0 fully saturated rings. The highest BCUT2D eigenvalue weighted by molar-refractivity contribution is 9.10. The fourth-order valence-electron chi connectivity index (χ4n) is 1.46. The lowest BCUT2D eigenvalue weighted by Gasteiger charge is -2.12. The minimum absolute atomic E-state index is 0.305. The van der Waals surface area contributed by atoms with Crippen LogP contribution in [0.2, 0.25) is 0 Å². The first-order chi connectivity index (χ1) is 9.10. The van der Waals surface area contributed by atoms with Gasteiger partial charge in [0.2, 0.25) is 0 Å². The van der Waals surface area contributed by atoms with Crippen molar-refractivity contribution in [3.63, 3.8) is 0 Å². The summed E-state index contributed by atoms with van der Waals surface area (Å²) in [5, 5.41) is 3.40. The van der Waals surface area contributed by atoms with Gasteiger partial charge in [0.1, 0.15) is 5.69 Å². The van der Waals surface area contributed by atoms with Crippen molar-refractivity contribution < 1.29 is 26.3 Å². The molecule has 0 aliphatic heterocycles. The number of nitrogens with zero attached hydrogens (tertiary/aromatic N) is 3. The Morgan fingerprint density at radius 3 is 2.20 bits per heavy atom. The van der Waals surface area contributed by atoms with Gasteiger partial charge in [0.05, 0.1) is 10.7 Å². The van der Waals surface area contributed by atoms with Crippen LogP contribution in [-0.4, -0.2) is 14.8 Å². The smallest absolute Gasteiger partial charge is 0.224 e. The van der Waals surface area contributed by atoms with E-state index in [0.717, 1.165) is 18.3 Å². The number of pyridine rings is 1. The standard InChI is InChI=1S/C10H4BrF6N3/c11-5-4-18-20(8(5)10(15,16)17)7-3-1-2-6(19-7)9(12,13)14/h1-4H. The van der Waals surface area contributed by atoms with E-state index in [1.807, 2.05) is 0 Å². The summed E-state index contributed by atoms with van der Waals surface area (Å²) in [6.07, 6.45) is -8.70. The predicted octanol–water partition coefficient (Wildman–Crippen LogP) is 4.07. The van der Waals surface area contributed by atoms with E-state index in [-0.39, 0.29) is 4.47 Å². The maximum absolute atomic E-state index is 12.8. The predicted molar refractivity (Wildman–Crippen MR) is 59.1 cm³/mol. The zero-order chi connectivity index (χ0) is 15.1. The number of hydrogen-bond acceptors (Lipinski definition) is 2. The van der Waals surface area contributed by atoms with Crippen LogP contribution in [0.5, 0.6) is 0 Å². The Kier molecular flexibility index (Phi) is 3.53. The van der Waals surface area contributed by atoms with Gasteiger partial charge in [-0.05, 0) is 28.1 Å². The summed E-state index contributed by atoms with van der Waals surface area (Å²) in [7, 11) is 0. The molecular weight excluding hydrogens is 356 g/mol. The van der Waals surface area contributed by atoms with Gasteiger partial charge in [-0.25, -0.2) is 9.67 Å². The highest BCUT2D eigenvalue weighted by Gasteiger charge is 2.39. The van der Waals surface area contributed by atoms with Gasteiger partial charge >= 0.3 is 12.4 Å². The average Bonchev–Trinajstić information content (AvgIpc) is 2.70. The minimum atomic E-state index is -4.79. The van der Waals surface area contributed by atoms with Crippen LogP contribution in [-0.2, 0) is 12.4 Å². The second-order valence-electron chi connectivity index (χ2n) is 3.63. The Labute approximate surface area is 116 Å². The first kappa shape index (κ1) is 14.8. The van der Waals surface area contributed by atoms with Crippen LogP contribution in [0.4, 0.5) is 26.3 Å². The molecule has 10 heteroatoms. The first-order valence-electron chi connectivity index (χ1n) is 4.96. The molecule has 2 aromatic heterocycles. The maximum Gasteiger partial charge on any atom is 0.434 e. The van der Waals surface area contributed by atoms with Crippen LogP contribution in [0.15, 0.2) is 28.9 Å². The molecule has 0 bridgehead atoms. The zero-order valence-electron chi connectivity index (χ0n) is 9.30. The van der Waals surface area contributed by atoms with Gasteiger partial charge in [-0.2, -0.15) is 31.4 Å². The van der Waals surface area contributed by atoms with Gasteiger partial charge in [-0.3, -0.25) is 0 Å². The highest BCUT2D eigenvalue weighted by Crippen LogP contribution is 2.36. The third kappa shape index (κ3) is 2.79. The topological polar surface area (TPSA) is 30.7 Å². The van der Waals surface area contributed by atoms with Crippen molar-refractivity contribution in [2.75, 3.05) is 0 Å². The van der Waals surface area contributed by atoms with Gasteiger partial charge in [0, 0.05) is 0 Å². The maximum atomic E-state index is 12.8. The van der Waals surface area contributed by atoms with Crippen LogP contribution in [0.3, 0.4) is 0 Å². The Bertz CT molecular complexity index is 631. The summed E-state index contributed by atoms with van der Waals surface area (Å²) >= 11 is 2.65. The van der Waals surface area contributed by atoms with Crippen molar-refractivity contribution in [3.05, 3.63) is 40.3 Å². The zero-order valence-corrected chi connectivity index (χ0v) is 10.9. The van der Waals surface area contributed by atoms with Crippen molar-refractivity contribution in [3.8, 4) is 5.82 Å². The lowest BCUT2D eigenvalue weighted by molar-refractivity contribution is -0.143. The SMILES string of the molecule is FC(F)(F)c1cccc(-n2ncc(Br)c2C(F)(F)F)n1. The van der Waals surface area contributed by atoms with E-state index in [9.17, 15) is 26.3 Å². The molecule has 2 aromatic rings. The van der Waals surface area contributed by atoms with Crippen molar-refractivity contribution in [2.45, 2.75) is 12.4 Å². The van der Waals surface area contributed by atoms with E-state index >= 15 is 0 Å². The molecule has 0 saturated carbocycles. The molecule has 0 spiro atoms.